The molecule has 0 radical (unpaired) electrons. The molecule has 0 N–H and O–H groups in total. The summed E-state index contributed by atoms with van der Waals surface area (Å²) in [7, 11) is 0. The van der Waals surface area contributed by atoms with Gasteiger partial charge in [0.15, 0.2) is 11.6 Å². The maximum atomic E-state index is 14.4. The minimum atomic E-state index is -4.85. The van der Waals surface area contributed by atoms with Crippen molar-refractivity contribution in [2.75, 3.05) is 0 Å². The first-order valence-electron chi connectivity index (χ1n) is 8.78. The quantitative estimate of drug-likeness (QED) is 0.271. The van der Waals surface area contributed by atoms with Gasteiger partial charge in [-0.1, -0.05) is 49.7 Å². The topological polar surface area (TPSA) is 26.3 Å². The monoisotopic (exact) mass is 458 g/mol. The molecule has 0 aromatic heterocycles. The van der Waals surface area contributed by atoms with Crippen molar-refractivity contribution >= 4 is 17.6 Å². The summed E-state index contributed by atoms with van der Waals surface area (Å²) in [5.74, 6) is -7.40. The number of allylic oxidation sites excluding steroid dienone is 4. The molecule has 1 aromatic carbocycles. The zero-order valence-electron chi connectivity index (χ0n) is 16.1. The van der Waals surface area contributed by atoms with Crippen LogP contribution in [0.5, 0.6) is 0 Å². The summed E-state index contributed by atoms with van der Waals surface area (Å²) < 4.78 is 98.8. The molecule has 2 unspecified atom stereocenters. The number of esters is 1. The zero-order valence-corrected chi connectivity index (χ0v) is 16.8. The molecular formula is C20H18ClF7O2. The Morgan fingerprint density at radius 3 is 2.30 bits per heavy atom. The van der Waals surface area contributed by atoms with Gasteiger partial charge in [0.05, 0.1) is 5.92 Å². The van der Waals surface area contributed by atoms with E-state index in [2.05, 4.69) is 4.74 Å². The SMILES string of the molecule is CC=CCc1ccc(C(F)(F)OC(=O)C2C(C=C(Cl)C(F)(F)F)C2(C)C)c(F)c1F. The van der Waals surface area contributed by atoms with Crippen LogP contribution in [0.15, 0.2) is 35.4 Å². The molecule has 1 aliphatic rings. The first kappa shape index (κ1) is 24.2. The van der Waals surface area contributed by atoms with Crippen molar-refractivity contribution < 1.29 is 40.3 Å². The van der Waals surface area contributed by atoms with E-state index in [9.17, 15) is 35.5 Å². The second-order valence-electron chi connectivity index (χ2n) is 7.45. The van der Waals surface area contributed by atoms with Gasteiger partial charge in [0, 0.05) is 0 Å². The normalized spacial score (nSPS) is 21.8. The Bertz CT molecular complexity index is 888. The third-order valence-corrected chi connectivity index (χ3v) is 5.38. The van der Waals surface area contributed by atoms with Crippen LogP contribution < -0.4 is 0 Å². The molecule has 1 saturated carbocycles. The van der Waals surface area contributed by atoms with Gasteiger partial charge in [-0.2, -0.15) is 22.0 Å². The van der Waals surface area contributed by atoms with Gasteiger partial charge in [0.1, 0.15) is 10.6 Å². The third-order valence-electron chi connectivity index (χ3n) is 5.04. The minimum absolute atomic E-state index is 0.0326. The van der Waals surface area contributed by atoms with Gasteiger partial charge in [-0.25, -0.2) is 8.78 Å². The molecule has 0 heterocycles. The fraction of sp³-hybridized carbons (Fsp3) is 0.450. The van der Waals surface area contributed by atoms with Crippen LogP contribution in [0.25, 0.3) is 0 Å². The number of halogens is 8. The van der Waals surface area contributed by atoms with Crippen molar-refractivity contribution in [1.29, 1.82) is 0 Å². The molecule has 30 heavy (non-hydrogen) atoms. The largest absolute Gasteiger partial charge is 0.431 e. The Morgan fingerprint density at radius 2 is 1.77 bits per heavy atom. The van der Waals surface area contributed by atoms with E-state index in [0.29, 0.717) is 12.1 Å². The van der Waals surface area contributed by atoms with E-state index in [1.54, 1.807) is 13.0 Å². The van der Waals surface area contributed by atoms with Gasteiger partial charge < -0.3 is 4.74 Å². The fourth-order valence-electron chi connectivity index (χ4n) is 3.15. The van der Waals surface area contributed by atoms with Crippen LogP contribution >= 0.6 is 11.6 Å². The summed E-state index contributed by atoms with van der Waals surface area (Å²) in [4.78, 5) is 12.2. The van der Waals surface area contributed by atoms with Crippen LogP contribution in [0.4, 0.5) is 30.7 Å². The molecule has 166 valence electrons. The summed E-state index contributed by atoms with van der Waals surface area (Å²) in [5.41, 5.74) is -2.80. The third kappa shape index (κ3) is 4.82. The molecule has 0 spiro atoms. The van der Waals surface area contributed by atoms with Gasteiger partial charge in [-0.3, -0.25) is 4.79 Å². The Balaban J connectivity index is 2.23. The van der Waals surface area contributed by atoms with E-state index < -0.39 is 57.7 Å². The molecule has 2 rings (SSSR count). The average molecular weight is 459 g/mol. The van der Waals surface area contributed by atoms with Gasteiger partial charge in [-0.15, -0.1) is 0 Å². The molecule has 0 amide bonds. The van der Waals surface area contributed by atoms with Crippen LogP contribution in [0.2, 0.25) is 0 Å². The van der Waals surface area contributed by atoms with Crippen LogP contribution in [0.3, 0.4) is 0 Å². The Morgan fingerprint density at radius 1 is 1.17 bits per heavy atom. The lowest BCUT2D eigenvalue weighted by molar-refractivity contribution is -0.243. The maximum absolute atomic E-state index is 14.4. The highest BCUT2D eigenvalue weighted by Gasteiger charge is 2.63. The molecular weight excluding hydrogens is 441 g/mol. The van der Waals surface area contributed by atoms with Crippen molar-refractivity contribution in [3.05, 3.63) is 58.2 Å². The molecule has 1 fully saturated rings. The number of carbonyl (C=O) groups excluding carboxylic acids is 1. The van der Waals surface area contributed by atoms with Crippen LogP contribution in [-0.2, 0) is 22.1 Å². The van der Waals surface area contributed by atoms with Gasteiger partial charge in [0.2, 0.25) is 0 Å². The summed E-state index contributed by atoms with van der Waals surface area (Å²) in [6.07, 6.45) is -5.80. The zero-order chi connectivity index (χ0) is 23.1. The minimum Gasteiger partial charge on any atom is -0.397 e. The first-order valence-corrected chi connectivity index (χ1v) is 9.16. The number of benzene rings is 1. The fourth-order valence-corrected chi connectivity index (χ4v) is 3.29. The van der Waals surface area contributed by atoms with Crippen molar-refractivity contribution in [3.63, 3.8) is 0 Å². The number of ether oxygens (including phenoxy) is 1. The van der Waals surface area contributed by atoms with Crippen molar-refractivity contribution in [3.8, 4) is 0 Å². The highest BCUT2D eigenvalue weighted by atomic mass is 35.5. The molecule has 1 aliphatic carbocycles. The summed E-state index contributed by atoms with van der Waals surface area (Å²) in [5, 5.41) is -1.49. The Labute approximate surface area is 173 Å². The smallest absolute Gasteiger partial charge is 0.397 e. The predicted molar refractivity (Wildman–Crippen MR) is 95.6 cm³/mol. The standard InChI is InChI=1S/C20H18ClF7O2/c1-4-5-6-10-7-8-11(16(23)15(10)22)20(27,28)30-17(29)14-12(18(14,2)3)9-13(21)19(24,25)26/h4-5,7-9,12,14H,6H2,1-3H3. The highest BCUT2D eigenvalue weighted by Crippen LogP contribution is 2.61. The Hall–Kier alpha value is -2.03. The summed E-state index contributed by atoms with van der Waals surface area (Å²) in [6, 6.07) is 1.53. The van der Waals surface area contributed by atoms with Crippen molar-refractivity contribution in [2.24, 2.45) is 17.3 Å². The van der Waals surface area contributed by atoms with E-state index in [0.717, 1.165) is 6.07 Å². The van der Waals surface area contributed by atoms with Gasteiger partial charge >= 0.3 is 18.3 Å². The lowest BCUT2D eigenvalue weighted by Gasteiger charge is -2.19. The molecule has 0 aliphatic heterocycles. The molecule has 0 bridgehead atoms. The van der Waals surface area contributed by atoms with Crippen LogP contribution in [0, 0.1) is 28.9 Å². The van der Waals surface area contributed by atoms with Crippen LogP contribution in [-0.4, -0.2) is 12.1 Å². The first-order chi connectivity index (χ1) is 13.6. The highest BCUT2D eigenvalue weighted by molar-refractivity contribution is 6.30. The molecule has 2 nitrogen and oxygen atoms in total. The lowest BCUT2D eigenvalue weighted by Crippen LogP contribution is -2.26. The second kappa shape index (κ2) is 8.24. The number of rotatable bonds is 6. The summed E-state index contributed by atoms with van der Waals surface area (Å²) in [6.45, 7) is 4.38. The molecule has 2 atom stereocenters. The van der Waals surface area contributed by atoms with Crippen molar-refractivity contribution in [2.45, 2.75) is 39.5 Å². The molecule has 0 saturated heterocycles. The van der Waals surface area contributed by atoms with Gasteiger partial charge in [-0.05, 0) is 36.3 Å². The van der Waals surface area contributed by atoms with Crippen molar-refractivity contribution in [1.82, 2.24) is 0 Å². The van der Waals surface area contributed by atoms with E-state index in [4.69, 9.17) is 11.6 Å². The number of alkyl halides is 5. The number of hydrogen-bond donors (Lipinski definition) is 0. The number of carbonyl (C=O) groups is 1. The predicted octanol–water partition coefficient (Wildman–Crippen LogP) is 6.63. The van der Waals surface area contributed by atoms with Crippen LogP contribution in [0.1, 0.15) is 31.9 Å². The van der Waals surface area contributed by atoms with E-state index in [-0.39, 0.29) is 12.0 Å². The van der Waals surface area contributed by atoms with Gasteiger partial charge in [0.25, 0.3) is 0 Å². The summed E-state index contributed by atoms with van der Waals surface area (Å²) >= 11 is 5.15. The second-order valence-corrected chi connectivity index (χ2v) is 7.86. The average Bonchev–Trinajstić information content (AvgIpc) is 3.15. The number of hydrogen-bond acceptors (Lipinski definition) is 2. The van der Waals surface area contributed by atoms with E-state index >= 15 is 0 Å². The van der Waals surface area contributed by atoms with E-state index in [1.165, 1.54) is 19.9 Å². The maximum Gasteiger partial charge on any atom is 0.431 e. The molecule has 10 heteroatoms. The Kier molecular flexibility index (Phi) is 6.66. The lowest BCUT2D eigenvalue weighted by atomic mass is 10.1. The molecule has 1 aromatic rings. The van der Waals surface area contributed by atoms with E-state index in [1.807, 2.05) is 0 Å².